The van der Waals surface area contributed by atoms with Crippen LogP contribution in [-0.2, 0) is 25.5 Å². The maximum Gasteiger partial charge on any atom is 0.328 e. The lowest BCUT2D eigenvalue weighted by molar-refractivity contribution is -0.155. The van der Waals surface area contributed by atoms with Crippen LogP contribution in [0.15, 0.2) is 36.5 Å². The van der Waals surface area contributed by atoms with Crippen LogP contribution in [0.2, 0.25) is 0 Å². The molecular formula is C25H29FN2O7. The van der Waals surface area contributed by atoms with E-state index in [1.54, 1.807) is 6.92 Å². The molecule has 0 saturated heterocycles. The van der Waals surface area contributed by atoms with Crippen LogP contribution in [0.5, 0.6) is 11.5 Å². The van der Waals surface area contributed by atoms with Gasteiger partial charge in [0, 0.05) is 25.1 Å². The average Bonchev–Trinajstić information content (AvgIpc) is 2.79. The lowest BCUT2D eigenvalue weighted by Gasteiger charge is -2.29. The number of carbonyl (C=O) groups excluding carboxylic acids is 4. The highest BCUT2D eigenvalue weighted by Gasteiger charge is 2.29. The van der Waals surface area contributed by atoms with E-state index in [-0.39, 0.29) is 23.8 Å². The number of hydrogen-bond acceptors (Lipinski definition) is 8. The molecule has 10 heteroatoms. The number of nitrogens with zero attached hydrogens (tertiary/aromatic N) is 1. The van der Waals surface area contributed by atoms with Crippen LogP contribution >= 0.6 is 0 Å². The van der Waals surface area contributed by atoms with E-state index < -0.39 is 41.9 Å². The molecule has 0 aliphatic rings. The van der Waals surface area contributed by atoms with E-state index in [1.165, 1.54) is 43.5 Å². The summed E-state index contributed by atoms with van der Waals surface area (Å²) in [5.74, 6) is -2.37. The fourth-order valence-electron chi connectivity index (χ4n) is 3.28. The Bertz CT molecular complexity index is 1060. The summed E-state index contributed by atoms with van der Waals surface area (Å²) in [6.45, 7) is 8.01. The third-order valence-corrected chi connectivity index (χ3v) is 4.96. The zero-order chi connectivity index (χ0) is 26.1. The van der Waals surface area contributed by atoms with Crippen LogP contribution in [0.3, 0.4) is 0 Å². The molecule has 1 amide bonds. The summed E-state index contributed by atoms with van der Waals surface area (Å²) in [6, 6.07) is 5.87. The number of pyridine rings is 1. The molecular weight excluding hydrogens is 459 g/mol. The molecule has 2 unspecified atom stereocenters. The van der Waals surface area contributed by atoms with Crippen molar-refractivity contribution in [3.8, 4) is 11.5 Å². The zero-order valence-electron chi connectivity index (χ0n) is 20.2. The maximum atomic E-state index is 13.2. The molecule has 9 nitrogen and oxygen atoms in total. The minimum absolute atomic E-state index is 0.0520. The Morgan fingerprint density at radius 3 is 2.31 bits per heavy atom. The molecule has 0 radical (unpaired) electrons. The minimum Gasteiger partial charge on any atom is -0.486 e. The first-order valence-corrected chi connectivity index (χ1v) is 11.1. The van der Waals surface area contributed by atoms with Gasteiger partial charge in [0.05, 0.1) is 0 Å². The van der Waals surface area contributed by atoms with Gasteiger partial charge in [-0.2, -0.15) is 0 Å². The number of benzene rings is 1. The van der Waals surface area contributed by atoms with Crippen molar-refractivity contribution >= 4 is 24.1 Å². The molecule has 0 saturated carbocycles. The molecule has 2 rings (SSSR count). The summed E-state index contributed by atoms with van der Waals surface area (Å²) < 4.78 is 29.7. The molecule has 35 heavy (non-hydrogen) atoms. The van der Waals surface area contributed by atoms with Crippen molar-refractivity contribution in [2.45, 2.75) is 59.3 Å². The Morgan fingerprint density at radius 1 is 1.09 bits per heavy atom. The van der Waals surface area contributed by atoms with E-state index in [9.17, 15) is 23.6 Å². The second-order valence-corrected chi connectivity index (χ2v) is 8.23. The number of esters is 2. The molecule has 0 bridgehead atoms. The number of rotatable bonds is 11. The number of halogens is 1. The summed E-state index contributed by atoms with van der Waals surface area (Å²) in [6.07, 6.45) is 0.573. The topological polar surface area (TPSA) is 121 Å². The molecule has 1 N–H and O–H groups in total. The zero-order valence-corrected chi connectivity index (χ0v) is 20.2. The van der Waals surface area contributed by atoms with Gasteiger partial charge in [-0.25, -0.2) is 14.2 Å². The van der Waals surface area contributed by atoms with Crippen molar-refractivity contribution in [3.05, 3.63) is 53.6 Å². The number of nitrogens with one attached hydrogen (secondary N) is 1. The number of aldehydes is 1. The van der Waals surface area contributed by atoms with Gasteiger partial charge in [0.25, 0.3) is 5.91 Å². The Hall–Kier alpha value is -3.82. The van der Waals surface area contributed by atoms with Crippen LogP contribution in [0.25, 0.3) is 0 Å². The highest BCUT2D eigenvalue weighted by Crippen LogP contribution is 2.23. The summed E-state index contributed by atoms with van der Waals surface area (Å²) in [4.78, 5) is 51.9. The Kier molecular flexibility index (Phi) is 9.86. The van der Waals surface area contributed by atoms with Crippen LogP contribution in [-0.4, -0.2) is 47.4 Å². The number of aromatic nitrogens is 1. The second kappa shape index (κ2) is 12.6. The van der Waals surface area contributed by atoms with Gasteiger partial charge in [0.1, 0.15) is 36.1 Å². The highest BCUT2D eigenvalue weighted by atomic mass is 19.1. The standard InChI is InChI=1S/C25H29FN2O7/c1-14(2)22(35-20-8-6-19(26)7-9-20)16(4)33-25(32)15(3)28-24(31)21-23(34-17(5)30)18(11-13-29)10-12-27-21/h6-10,12-16,22H,11H2,1-5H3,(H,28,31)/t15-,16?,22?/m0/s1. The molecule has 0 spiro atoms. The lowest BCUT2D eigenvalue weighted by atomic mass is 10.0. The van der Waals surface area contributed by atoms with Gasteiger partial charge < -0.3 is 24.3 Å². The van der Waals surface area contributed by atoms with Gasteiger partial charge in [-0.1, -0.05) is 13.8 Å². The van der Waals surface area contributed by atoms with E-state index >= 15 is 0 Å². The first-order chi connectivity index (χ1) is 16.5. The van der Waals surface area contributed by atoms with Gasteiger partial charge in [-0.3, -0.25) is 9.59 Å². The molecule has 3 atom stereocenters. The summed E-state index contributed by atoms with van der Waals surface area (Å²) in [7, 11) is 0. The highest BCUT2D eigenvalue weighted by molar-refractivity contribution is 5.98. The van der Waals surface area contributed by atoms with Crippen molar-refractivity contribution < 1.29 is 37.8 Å². The predicted molar refractivity (Wildman–Crippen MR) is 123 cm³/mol. The number of amides is 1. The van der Waals surface area contributed by atoms with Gasteiger partial charge in [-0.15, -0.1) is 0 Å². The number of hydrogen-bond donors (Lipinski definition) is 1. The molecule has 2 aromatic rings. The quantitative estimate of drug-likeness (QED) is 0.379. The number of carbonyl (C=O) groups is 4. The molecule has 1 heterocycles. The van der Waals surface area contributed by atoms with Gasteiger partial charge in [0.2, 0.25) is 0 Å². The van der Waals surface area contributed by atoms with Crippen LogP contribution < -0.4 is 14.8 Å². The largest absolute Gasteiger partial charge is 0.486 e. The molecule has 1 aromatic carbocycles. The van der Waals surface area contributed by atoms with Crippen molar-refractivity contribution in [2.75, 3.05) is 0 Å². The van der Waals surface area contributed by atoms with E-state index in [1.807, 2.05) is 13.8 Å². The Balaban J connectivity index is 2.10. The summed E-state index contributed by atoms with van der Waals surface area (Å²) in [5.41, 5.74) is 0.0591. The predicted octanol–water partition coefficient (Wildman–Crippen LogP) is 3.04. The van der Waals surface area contributed by atoms with E-state index in [0.29, 0.717) is 17.6 Å². The fraction of sp³-hybridized carbons (Fsp3) is 0.400. The molecule has 0 fully saturated rings. The van der Waals surface area contributed by atoms with E-state index in [4.69, 9.17) is 14.2 Å². The summed E-state index contributed by atoms with van der Waals surface area (Å²) in [5, 5.41) is 2.47. The minimum atomic E-state index is -1.08. The maximum absolute atomic E-state index is 13.2. The van der Waals surface area contributed by atoms with Gasteiger partial charge in [-0.05, 0) is 50.1 Å². The molecule has 188 valence electrons. The lowest BCUT2D eigenvalue weighted by Crippen LogP contribution is -2.44. The third-order valence-electron chi connectivity index (χ3n) is 4.96. The van der Waals surface area contributed by atoms with Crippen molar-refractivity contribution in [1.29, 1.82) is 0 Å². The third kappa shape index (κ3) is 7.87. The van der Waals surface area contributed by atoms with E-state index in [0.717, 1.165) is 6.92 Å². The summed E-state index contributed by atoms with van der Waals surface area (Å²) >= 11 is 0. The smallest absolute Gasteiger partial charge is 0.328 e. The molecule has 0 aliphatic heterocycles. The average molecular weight is 489 g/mol. The SMILES string of the molecule is CC(=O)Oc1c(CC=O)ccnc1C(=O)N[C@@H](C)C(=O)OC(C)C(Oc1ccc(F)cc1)C(C)C. The van der Waals surface area contributed by atoms with Crippen molar-refractivity contribution in [1.82, 2.24) is 10.3 Å². The van der Waals surface area contributed by atoms with E-state index in [2.05, 4.69) is 10.3 Å². The van der Waals surface area contributed by atoms with Crippen LogP contribution in [0.4, 0.5) is 4.39 Å². The van der Waals surface area contributed by atoms with Crippen LogP contribution in [0.1, 0.15) is 50.7 Å². The monoisotopic (exact) mass is 488 g/mol. The number of ether oxygens (including phenoxy) is 3. The van der Waals surface area contributed by atoms with Crippen molar-refractivity contribution in [2.24, 2.45) is 5.92 Å². The first-order valence-electron chi connectivity index (χ1n) is 11.1. The van der Waals surface area contributed by atoms with Gasteiger partial charge >= 0.3 is 11.9 Å². The van der Waals surface area contributed by atoms with Crippen molar-refractivity contribution in [3.63, 3.8) is 0 Å². The first kappa shape index (κ1) is 27.4. The Labute approximate surface area is 203 Å². The molecule has 0 aliphatic carbocycles. The second-order valence-electron chi connectivity index (χ2n) is 8.23. The van der Waals surface area contributed by atoms with Crippen LogP contribution in [0, 0.1) is 11.7 Å². The Morgan fingerprint density at radius 2 is 1.74 bits per heavy atom. The van der Waals surface area contributed by atoms with Gasteiger partial charge in [0.15, 0.2) is 11.4 Å². The fourth-order valence-corrected chi connectivity index (χ4v) is 3.28. The normalized spacial score (nSPS) is 13.3. The molecule has 1 aromatic heterocycles.